The Morgan fingerprint density at radius 3 is 2.14 bits per heavy atom. The molecule has 1 saturated carbocycles. The predicted molar refractivity (Wildman–Crippen MR) is 53.8 cm³/mol. The van der Waals surface area contributed by atoms with Crippen LogP contribution in [0.3, 0.4) is 0 Å². The molecule has 0 bridgehead atoms. The molecule has 0 heterocycles. The smallest absolute Gasteiger partial charge is 0.172 e. The number of carbonyl (C=O) groups excluding carboxylic acids is 1. The Bertz CT molecular complexity index is 225. The zero-order chi connectivity index (χ0) is 11.0. The van der Waals surface area contributed by atoms with Crippen LogP contribution in [0, 0.1) is 11.3 Å². The molecule has 0 aliphatic heterocycles. The van der Waals surface area contributed by atoms with E-state index >= 15 is 0 Å². The van der Waals surface area contributed by atoms with Gasteiger partial charge in [0.1, 0.15) is 5.60 Å². The lowest BCUT2D eigenvalue weighted by molar-refractivity contribution is -0.151. The van der Waals surface area contributed by atoms with Gasteiger partial charge in [0.2, 0.25) is 0 Å². The van der Waals surface area contributed by atoms with Gasteiger partial charge in [-0.05, 0) is 12.3 Å². The normalized spacial score (nSPS) is 21.8. The van der Waals surface area contributed by atoms with E-state index < -0.39 is 17.6 Å². The molecular weight excluding hydrogens is 180 g/mol. The lowest BCUT2D eigenvalue weighted by Gasteiger charge is -2.31. The van der Waals surface area contributed by atoms with Crippen LogP contribution in [-0.2, 0) is 4.79 Å². The molecule has 0 saturated heterocycles. The third-order valence-corrected chi connectivity index (χ3v) is 2.69. The second-order valence-corrected chi connectivity index (χ2v) is 5.42. The zero-order valence-electron chi connectivity index (χ0n) is 9.21. The van der Waals surface area contributed by atoms with Gasteiger partial charge in [-0.15, -0.1) is 0 Å². The van der Waals surface area contributed by atoms with Gasteiger partial charge < -0.3 is 10.2 Å². The molecule has 14 heavy (non-hydrogen) atoms. The molecule has 1 fully saturated rings. The monoisotopic (exact) mass is 200 g/mol. The quantitative estimate of drug-likeness (QED) is 0.715. The maximum Gasteiger partial charge on any atom is 0.172 e. The van der Waals surface area contributed by atoms with Gasteiger partial charge in [0.05, 0.1) is 6.61 Å². The molecule has 1 aliphatic carbocycles. The Morgan fingerprint density at radius 1 is 1.36 bits per heavy atom. The molecule has 1 aliphatic rings. The van der Waals surface area contributed by atoms with Crippen LogP contribution >= 0.6 is 0 Å². The molecule has 0 aromatic carbocycles. The summed E-state index contributed by atoms with van der Waals surface area (Å²) in [5, 5.41) is 19.2. The standard InChI is InChI=1S/C11H20O3/c1-10(2,3)9(13)11(14,7-12)6-8-4-5-8/h8,12,14H,4-7H2,1-3H3. The van der Waals surface area contributed by atoms with Crippen molar-refractivity contribution in [2.45, 2.75) is 45.6 Å². The third kappa shape index (κ3) is 2.55. The highest BCUT2D eigenvalue weighted by Gasteiger charge is 2.44. The van der Waals surface area contributed by atoms with Crippen LogP contribution < -0.4 is 0 Å². The minimum absolute atomic E-state index is 0.251. The average Bonchev–Trinajstić information content (AvgIpc) is 2.85. The maximum atomic E-state index is 11.9. The largest absolute Gasteiger partial charge is 0.393 e. The van der Waals surface area contributed by atoms with Crippen LogP contribution in [0.15, 0.2) is 0 Å². The van der Waals surface area contributed by atoms with Gasteiger partial charge in [-0.1, -0.05) is 33.6 Å². The van der Waals surface area contributed by atoms with E-state index in [2.05, 4.69) is 0 Å². The molecule has 2 N–H and O–H groups in total. The SMILES string of the molecule is CC(C)(C)C(=O)C(O)(CO)CC1CC1. The van der Waals surface area contributed by atoms with Crippen molar-refractivity contribution >= 4 is 5.78 Å². The predicted octanol–water partition coefficient (Wildman–Crippen LogP) is 1.13. The summed E-state index contributed by atoms with van der Waals surface area (Å²) in [5.74, 6) is 0.179. The highest BCUT2D eigenvalue weighted by Crippen LogP contribution is 2.39. The molecule has 0 spiro atoms. The van der Waals surface area contributed by atoms with Crippen molar-refractivity contribution in [1.82, 2.24) is 0 Å². The van der Waals surface area contributed by atoms with Crippen molar-refractivity contribution in [3.63, 3.8) is 0 Å². The van der Waals surface area contributed by atoms with Gasteiger partial charge >= 0.3 is 0 Å². The average molecular weight is 200 g/mol. The van der Waals surface area contributed by atoms with E-state index in [1.54, 1.807) is 20.8 Å². The Balaban J connectivity index is 2.71. The van der Waals surface area contributed by atoms with Crippen LogP contribution in [0.5, 0.6) is 0 Å². The minimum atomic E-state index is -1.51. The summed E-state index contributed by atoms with van der Waals surface area (Å²) < 4.78 is 0. The molecule has 1 atom stereocenters. The first-order valence-corrected chi connectivity index (χ1v) is 5.18. The van der Waals surface area contributed by atoms with Gasteiger partial charge in [0.25, 0.3) is 0 Å². The number of rotatable bonds is 4. The first-order chi connectivity index (χ1) is 6.29. The lowest BCUT2D eigenvalue weighted by atomic mass is 9.78. The number of hydrogen-bond donors (Lipinski definition) is 2. The van der Waals surface area contributed by atoms with E-state index in [9.17, 15) is 9.90 Å². The first kappa shape index (κ1) is 11.7. The minimum Gasteiger partial charge on any atom is -0.393 e. The number of carbonyl (C=O) groups is 1. The fraction of sp³-hybridized carbons (Fsp3) is 0.909. The van der Waals surface area contributed by atoms with Crippen molar-refractivity contribution in [3.05, 3.63) is 0 Å². The number of aliphatic hydroxyl groups is 2. The number of Topliss-reactive ketones (excluding diaryl/α,β-unsaturated/α-hetero) is 1. The fourth-order valence-electron chi connectivity index (χ4n) is 1.73. The molecule has 0 aromatic heterocycles. The summed E-state index contributed by atoms with van der Waals surface area (Å²) in [6, 6.07) is 0. The Labute approximate surface area is 85.1 Å². The van der Waals surface area contributed by atoms with E-state index in [-0.39, 0.29) is 5.78 Å². The second-order valence-electron chi connectivity index (χ2n) is 5.42. The fourth-order valence-corrected chi connectivity index (χ4v) is 1.73. The summed E-state index contributed by atoms with van der Waals surface area (Å²) in [5.41, 5.74) is -2.11. The van der Waals surface area contributed by atoms with Crippen molar-refractivity contribution in [1.29, 1.82) is 0 Å². The van der Waals surface area contributed by atoms with Crippen molar-refractivity contribution in [2.24, 2.45) is 11.3 Å². The van der Waals surface area contributed by atoms with E-state index in [0.29, 0.717) is 12.3 Å². The maximum absolute atomic E-state index is 11.9. The number of aliphatic hydroxyl groups excluding tert-OH is 1. The molecule has 1 unspecified atom stereocenters. The highest BCUT2D eigenvalue weighted by molar-refractivity contribution is 5.91. The molecular formula is C11H20O3. The molecule has 1 rings (SSSR count). The molecule has 82 valence electrons. The van der Waals surface area contributed by atoms with Gasteiger partial charge in [0, 0.05) is 5.41 Å². The van der Waals surface area contributed by atoms with Gasteiger partial charge in [-0.3, -0.25) is 4.79 Å². The van der Waals surface area contributed by atoms with Crippen LogP contribution in [0.25, 0.3) is 0 Å². The molecule has 0 radical (unpaired) electrons. The molecule has 3 nitrogen and oxygen atoms in total. The summed E-state index contributed by atoms with van der Waals surface area (Å²) in [6.45, 7) is 4.84. The van der Waals surface area contributed by atoms with Gasteiger partial charge in [0.15, 0.2) is 5.78 Å². The zero-order valence-corrected chi connectivity index (χ0v) is 9.21. The van der Waals surface area contributed by atoms with Crippen LogP contribution in [0.2, 0.25) is 0 Å². The molecule has 0 aromatic rings. The Hall–Kier alpha value is -0.410. The summed E-state index contributed by atoms with van der Waals surface area (Å²) in [6.07, 6.45) is 2.55. The summed E-state index contributed by atoms with van der Waals surface area (Å²) in [4.78, 5) is 11.9. The van der Waals surface area contributed by atoms with E-state index in [1.807, 2.05) is 0 Å². The Morgan fingerprint density at radius 2 is 1.86 bits per heavy atom. The van der Waals surface area contributed by atoms with E-state index in [1.165, 1.54) is 0 Å². The van der Waals surface area contributed by atoms with Gasteiger partial charge in [-0.2, -0.15) is 0 Å². The van der Waals surface area contributed by atoms with Crippen molar-refractivity contribution in [2.75, 3.05) is 6.61 Å². The summed E-state index contributed by atoms with van der Waals surface area (Å²) >= 11 is 0. The van der Waals surface area contributed by atoms with E-state index in [4.69, 9.17) is 5.11 Å². The van der Waals surface area contributed by atoms with E-state index in [0.717, 1.165) is 12.8 Å². The topological polar surface area (TPSA) is 57.5 Å². The van der Waals surface area contributed by atoms with Crippen LogP contribution in [0.1, 0.15) is 40.0 Å². The third-order valence-electron chi connectivity index (χ3n) is 2.69. The second kappa shape index (κ2) is 3.63. The molecule has 3 heteroatoms. The number of hydrogen-bond acceptors (Lipinski definition) is 3. The lowest BCUT2D eigenvalue weighted by Crippen LogP contribution is -2.48. The van der Waals surface area contributed by atoms with Crippen LogP contribution in [-0.4, -0.2) is 28.2 Å². The highest BCUT2D eigenvalue weighted by atomic mass is 16.3. The van der Waals surface area contributed by atoms with Gasteiger partial charge in [-0.25, -0.2) is 0 Å². The molecule has 0 amide bonds. The Kier molecular flexibility index (Phi) is 3.02. The van der Waals surface area contributed by atoms with Crippen LogP contribution in [0.4, 0.5) is 0 Å². The first-order valence-electron chi connectivity index (χ1n) is 5.18. The van der Waals surface area contributed by atoms with Crippen molar-refractivity contribution < 1.29 is 15.0 Å². The van der Waals surface area contributed by atoms with Crippen molar-refractivity contribution in [3.8, 4) is 0 Å². The summed E-state index contributed by atoms with van der Waals surface area (Å²) in [7, 11) is 0. The number of ketones is 1.